The number of carbonyl (C=O) groups excluding carboxylic acids is 1. The number of anilines is 2. The van der Waals surface area contributed by atoms with Crippen LogP contribution in [0, 0.1) is 0 Å². The number of benzene rings is 2. The van der Waals surface area contributed by atoms with E-state index in [9.17, 15) is 4.79 Å². The van der Waals surface area contributed by atoms with Gasteiger partial charge in [0.05, 0.1) is 0 Å². The molecular formula is C14H12N4OSe. The van der Waals surface area contributed by atoms with Crippen LogP contribution in [0.3, 0.4) is 0 Å². The molecule has 0 aliphatic rings. The zero-order valence-electron chi connectivity index (χ0n) is 10.5. The summed E-state index contributed by atoms with van der Waals surface area (Å²) in [7, 11) is 0. The number of carbonyl (C=O) groups is 1. The summed E-state index contributed by atoms with van der Waals surface area (Å²) in [5.41, 5.74) is 9.61. The summed E-state index contributed by atoms with van der Waals surface area (Å²) < 4.78 is 8.63. The Morgan fingerprint density at radius 2 is 2.05 bits per heavy atom. The van der Waals surface area contributed by atoms with E-state index in [0.717, 1.165) is 22.3 Å². The summed E-state index contributed by atoms with van der Waals surface area (Å²) in [6, 6.07) is 12.9. The maximum atomic E-state index is 12.1. The second-order valence-electron chi connectivity index (χ2n) is 4.41. The second-order valence-corrected chi connectivity index (χ2v) is 5.52. The van der Waals surface area contributed by atoms with Crippen molar-refractivity contribution in [2.75, 3.05) is 11.1 Å². The Morgan fingerprint density at radius 1 is 1.20 bits per heavy atom. The summed E-state index contributed by atoms with van der Waals surface area (Å²) >= 11 is -0.100. The summed E-state index contributed by atoms with van der Waals surface area (Å²) in [5, 5.41) is 2.89. The number of hydrogen-bond donors (Lipinski definition) is 2. The molecule has 5 nitrogen and oxygen atoms in total. The molecule has 3 rings (SSSR count). The van der Waals surface area contributed by atoms with Crippen molar-refractivity contribution in [2.24, 2.45) is 0 Å². The molecule has 0 aliphatic heterocycles. The Labute approximate surface area is 122 Å². The molecule has 0 fully saturated rings. The average molecular weight is 331 g/mol. The minimum absolute atomic E-state index is 0.0846. The van der Waals surface area contributed by atoms with E-state index < -0.39 is 0 Å². The van der Waals surface area contributed by atoms with Gasteiger partial charge >= 0.3 is 122 Å². The first-order valence-electron chi connectivity index (χ1n) is 6.08. The van der Waals surface area contributed by atoms with Gasteiger partial charge in [0.25, 0.3) is 0 Å². The maximum absolute atomic E-state index is 12.1. The fraction of sp³-hybridized carbons (Fsp3) is 0.0714. The first-order valence-corrected chi connectivity index (χ1v) is 7.61. The van der Waals surface area contributed by atoms with Crippen molar-refractivity contribution in [1.29, 1.82) is 0 Å². The molecule has 0 saturated carbocycles. The first kappa shape index (κ1) is 12.8. The zero-order chi connectivity index (χ0) is 13.9. The van der Waals surface area contributed by atoms with Crippen LogP contribution in [0.25, 0.3) is 11.0 Å². The third-order valence-electron chi connectivity index (χ3n) is 2.88. The fourth-order valence-electron chi connectivity index (χ4n) is 1.99. The number of fused-ring (bicyclic) bond motifs is 1. The molecule has 0 bridgehead atoms. The van der Waals surface area contributed by atoms with Crippen LogP contribution in [0.5, 0.6) is 0 Å². The number of nitrogens with zero attached hydrogens (tertiary/aromatic N) is 2. The van der Waals surface area contributed by atoms with E-state index in [-0.39, 0.29) is 27.3 Å². The van der Waals surface area contributed by atoms with Gasteiger partial charge in [-0.05, 0) is 0 Å². The predicted octanol–water partition coefficient (Wildman–Crippen LogP) is 1.45. The van der Waals surface area contributed by atoms with E-state index >= 15 is 0 Å². The monoisotopic (exact) mass is 332 g/mol. The molecule has 3 aromatic rings. The summed E-state index contributed by atoms with van der Waals surface area (Å²) in [6.07, 6.45) is 0.289. The van der Waals surface area contributed by atoms with Crippen LogP contribution >= 0.6 is 0 Å². The predicted molar refractivity (Wildman–Crippen MR) is 79.7 cm³/mol. The molecule has 20 heavy (non-hydrogen) atoms. The molecule has 0 aliphatic carbocycles. The Kier molecular flexibility index (Phi) is 3.50. The Hall–Kier alpha value is -2.17. The van der Waals surface area contributed by atoms with Crippen LogP contribution in [0.15, 0.2) is 42.5 Å². The number of amides is 1. The Bertz CT molecular complexity index is 768. The number of aromatic nitrogens is 2. The van der Waals surface area contributed by atoms with Crippen molar-refractivity contribution < 1.29 is 4.79 Å². The van der Waals surface area contributed by atoms with Crippen molar-refractivity contribution in [1.82, 2.24) is 7.96 Å². The molecule has 0 atom stereocenters. The molecule has 6 heteroatoms. The minimum atomic E-state index is -0.100. The van der Waals surface area contributed by atoms with Gasteiger partial charge in [-0.25, -0.2) is 0 Å². The van der Waals surface area contributed by atoms with Gasteiger partial charge in [-0.3, -0.25) is 0 Å². The molecule has 1 aromatic heterocycles. The number of nitrogens with two attached hydrogens (primary N) is 1. The summed E-state index contributed by atoms with van der Waals surface area (Å²) in [6.45, 7) is 0. The Morgan fingerprint density at radius 3 is 2.90 bits per heavy atom. The SMILES string of the molecule is Nc1cccc(CC(=O)Nc2cccc3n[se]nc23)c1. The molecule has 0 radical (unpaired) electrons. The van der Waals surface area contributed by atoms with Crippen molar-refractivity contribution in [2.45, 2.75) is 6.42 Å². The molecule has 2 aromatic carbocycles. The molecule has 0 saturated heterocycles. The normalized spacial score (nSPS) is 10.6. The van der Waals surface area contributed by atoms with E-state index in [0.29, 0.717) is 5.69 Å². The topological polar surface area (TPSA) is 80.9 Å². The van der Waals surface area contributed by atoms with Crippen molar-refractivity contribution >= 4 is 43.3 Å². The second kappa shape index (κ2) is 5.44. The molecule has 0 spiro atoms. The standard InChI is InChI=1S/C14H12N4OSe/c15-10-4-1-3-9(7-10)8-13(19)16-11-5-2-6-12-14(11)18-20-17-12/h1-7H,8,15H2,(H,16,19). The van der Waals surface area contributed by atoms with Gasteiger partial charge in [0, 0.05) is 0 Å². The molecule has 1 amide bonds. The van der Waals surface area contributed by atoms with Crippen LogP contribution in [0.2, 0.25) is 0 Å². The number of rotatable bonds is 3. The van der Waals surface area contributed by atoms with Gasteiger partial charge in [0.2, 0.25) is 0 Å². The Balaban J connectivity index is 1.77. The molecule has 0 unspecified atom stereocenters. The molecule has 100 valence electrons. The third kappa shape index (κ3) is 2.71. The van der Waals surface area contributed by atoms with Crippen molar-refractivity contribution in [3.05, 3.63) is 48.0 Å². The van der Waals surface area contributed by atoms with Crippen molar-refractivity contribution in [3.8, 4) is 0 Å². The third-order valence-corrected chi connectivity index (χ3v) is 4.01. The van der Waals surface area contributed by atoms with Gasteiger partial charge < -0.3 is 0 Å². The van der Waals surface area contributed by atoms with Crippen LogP contribution in [0.1, 0.15) is 5.56 Å². The van der Waals surface area contributed by atoms with E-state index in [1.807, 2.05) is 30.3 Å². The first-order chi connectivity index (χ1) is 9.72. The molecule has 3 N–H and O–H groups in total. The molecular weight excluding hydrogens is 319 g/mol. The van der Waals surface area contributed by atoms with Gasteiger partial charge in [-0.2, -0.15) is 0 Å². The van der Waals surface area contributed by atoms with Gasteiger partial charge in [-0.1, -0.05) is 0 Å². The van der Waals surface area contributed by atoms with Gasteiger partial charge in [0.1, 0.15) is 0 Å². The zero-order valence-corrected chi connectivity index (χ0v) is 12.2. The number of nitrogens with one attached hydrogen (secondary N) is 1. The van der Waals surface area contributed by atoms with E-state index in [1.165, 1.54) is 0 Å². The van der Waals surface area contributed by atoms with Crippen LogP contribution < -0.4 is 11.1 Å². The van der Waals surface area contributed by atoms with E-state index in [1.54, 1.807) is 12.1 Å². The number of nitrogen functional groups attached to an aromatic ring is 1. The fourth-order valence-corrected chi connectivity index (χ4v) is 3.14. The molecule has 1 heterocycles. The van der Waals surface area contributed by atoms with Crippen molar-refractivity contribution in [3.63, 3.8) is 0 Å². The quantitative estimate of drug-likeness (QED) is 0.562. The van der Waals surface area contributed by atoms with Gasteiger partial charge in [0.15, 0.2) is 0 Å². The van der Waals surface area contributed by atoms with E-state index in [2.05, 4.69) is 13.3 Å². The summed E-state index contributed by atoms with van der Waals surface area (Å²) in [4.78, 5) is 12.1. The van der Waals surface area contributed by atoms with E-state index in [4.69, 9.17) is 5.73 Å². The average Bonchev–Trinajstić information content (AvgIpc) is 2.88. The van der Waals surface area contributed by atoms with Crippen LogP contribution in [-0.2, 0) is 11.2 Å². The number of hydrogen-bond acceptors (Lipinski definition) is 4. The van der Waals surface area contributed by atoms with Crippen LogP contribution in [0.4, 0.5) is 11.4 Å². The van der Waals surface area contributed by atoms with Crippen LogP contribution in [-0.4, -0.2) is 28.8 Å². The van der Waals surface area contributed by atoms with Gasteiger partial charge in [-0.15, -0.1) is 0 Å². The summed E-state index contributed by atoms with van der Waals surface area (Å²) in [5.74, 6) is -0.0846.